The van der Waals surface area contributed by atoms with E-state index < -0.39 is 0 Å². The van der Waals surface area contributed by atoms with Gasteiger partial charge in [-0.15, -0.1) is 0 Å². The molecule has 1 aromatic rings. The number of aromatic nitrogens is 1. The Morgan fingerprint density at radius 2 is 2.19 bits per heavy atom. The Bertz CT molecular complexity index is 361. The standard InChI is InChI=1S/C13H20N2S/c1-11-4-3-5-12(14-11)8-15(2)9-13(10-16)6-7-13/h3-5,16H,6-10H2,1-2H3. The molecule has 0 radical (unpaired) electrons. The summed E-state index contributed by atoms with van der Waals surface area (Å²) in [4.78, 5) is 6.89. The molecule has 1 aliphatic carbocycles. The molecule has 3 heteroatoms. The summed E-state index contributed by atoms with van der Waals surface area (Å²) >= 11 is 4.44. The van der Waals surface area contributed by atoms with Gasteiger partial charge in [-0.25, -0.2) is 0 Å². The Hall–Kier alpha value is -0.540. The van der Waals surface area contributed by atoms with Crippen LogP contribution in [0.3, 0.4) is 0 Å². The molecule has 0 saturated heterocycles. The van der Waals surface area contributed by atoms with Gasteiger partial charge in [-0.2, -0.15) is 12.6 Å². The summed E-state index contributed by atoms with van der Waals surface area (Å²) in [5, 5.41) is 0. The molecule has 1 heterocycles. The van der Waals surface area contributed by atoms with Crippen LogP contribution in [0, 0.1) is 12.3 Å². The molecular weight excluding hydrogens is 216 g/mol. The van der Waals surface area contributed by atoms with Gasteiger partial charge in [0, 0.05) is 18.8 Å². The summed E-state index contributed by atoms with van der Waals surface area (Å²) in [6, 6.07) is 6.22. The Morgan fingerprint density at radius 1 is 1.44 bits per heavy atom. The highest BCUT2D eigenvalue weighted by Crippen LogP contribution is 2.46. The molecular formula is C13H20N2S. The molecule has 0 aliphatic heterocycles. The second kappa shape index (κ2) is 4.76. The van der Waals surface area contributed by atoms with Gasteiger partial charge in [0.15, 0.2) is 0 Å². The molecule has 0 spiro atoms. The Morgan fingerprint density at radius 3 is 2.75 bits per heavy atom. The first-order chi connectivity index (χ1) is 7.63. The Balaban J connectivity index is 1.89. The predicted octanol–water partition coefficient (Wildman–Crippen LogP) is 2.53. The summed E-state index contributed by atoms with van der Waals surface area (Å²) in [5.74, 6) is 1.01. The van der Waals surface area contributed by atoms with E-state index in [0.717, 1.165) is 30.2 Å². The van der Waals surface area contributed by atoms with Gasteiger partial charge in [0.25, 0.3) is 0 Å². The van der Waals surface area contributed by atoms with E-state index in [4.69, 9.17) is 0 Å². The van der Waals surface area contributed by atoms with Crippen molar-refractivity contribution in [2.75, 3.05) is 19.3 Å². The minimum Gasteiger partial charge on any atom is -0.300 e. The maximum atomic E-state index is 4.53. The fourth-order valence-corrected chi connectivity index (χ4v) is 2.55. The molecule has 1 aliphatic rings. The summed E-state index contributed by atoms with van der Waals surface area (Å²) < 4.78 is 0. The van der Waals surface area contributed by atoms with Crippen LogP contribution in [-0.4, -0.2) is 29.2 Å². The van der Waals surface area contributed by atoms with Crippen LogP contribution in [0.25, 0.3) is 0 Å². The molecule has 2 rings (SSSR count). The van der Waals surface area contributed by atoms with Crippen LogP contribution in [-0.2, 0) is 6.54 Å². The van der Waals surface area contributed by atoms with Gasteiger partial charge < -0.3 is 0 Å². The van der Waals surface area contributed by atoms with Crippen molar-refractivity contribution in [3.63, 3.8) is 0 Å². The minimum absolute atomic E-state index is 0.502. The van der Waals surface area contributed by atoms with Gasteiger partial charge in [0.1, 0.15) is 0 Å². The summed E-state index contributed by atoms with van der Waals surface area (Å²) in [6.07, 6.45) is 2.67. The zero-order valence-electron chi connectivity index (χ0n) is 10.1. The van der Waals surface area contributed by atoms with Gasteiger partial charge in [-0.1, -0.05) is 6.07 Å². The van der Waals surface area contributed by atoms with Crippen molar-refractivity contribution in [2.45, 2.75) is 26.3 Å². The number of hydrogen-bond donors (Lipinski definition) is 1. The largest absolute Gasteiger partial charge is 0.300 e. The fraction of sp³-hybridized carbons (Fsp3) is 0.615. The molecule has 0 unspecified atom stereocenters. The summed E-state index contributed by atoms with van der Waals surface area (Å²) in [5.41, 5.74) is 2.76. The van der Waals surface area contributed by atoms with Crippen molar-refractivity contribution in [1.29, 1.82) is 0 Å². The first kappa shape index (κ1) is 11.9. The number of thiol groups is 1. The number of rotatable bonds is 5. The first-order valence-electron chi connectivity index (χ1n) is 5.85. The average Bonchev–Trinajstić information content (AvgIpc) is 2.98. The number of aryl methyl sites for hydroxylation is 1. The summed E-state index contributed by atoms with van der Waals surface area (Å²) in [7, 11) is 2.17. The lowest BCUT2D eigenvalue weighted by Gasteiger charge is -2.22. The van der Waals surface area contributed by atoms with Gasteiger partial charge in [-0.3, -0.25) is 9.88 Å². The molecule has 1 saturated carbocycles. The highest BCUT2D eigenvalue weighted by Gasteiger charge is 2.41. The van der Waals surface area contributed by atoms with Crippen molar-refractivity contribution in [1.82, 2.24) is 9.88 Å². The van der Waals surface area contributed by atoms with Crippen molar-refractivity contribution >= 4 is 12.6 Å². The van der Waals surface area contributed by atoms with Crippen LogP contribution in [0.2, 0.25) is 0 Å². The van der Waals surface area contributed by atoms with Crippen LogP contribution in [0.15, 0.2) is 18.2 Å². The molecule has 0 N–H and O–H groups in total. The van der Waals surface area contributed by atoms with Crippen molar-refractivity contribution in [2.24, 2.45) is 5.41 Å². The van der Waals surface area contributed by atoms with Gasteiger partial charge in [-0.05, 0) is 50.1 Å². The zero-order valence-corrected chi connectivity index (χ0v) is 11.0. The third-order valence-corrected chi connectivity index (χ3v) is 3.95. The fourth-order valence-electron chi connectivity index (χ4n) is 2.14. The van der Waals surface area contributed by atoms with Crippen molar-refractivity contribution < 1.29 is 0 Å². The van der Waals surface area contributed by atoms with Crippen molar-refractivity contribution in [3.05, 3.63) is 29.6 Å². The topological polar surface area (TPSA) is 16.1 Å². The van der Waals surface area contributed by atoms with E-state index in [1.54, 1.807) is 0 Å². The van der Waals surface area contributed by atoms with Crippen LogP contribution in [0.4, 0.5) is 0 Å². The lowest BCUT2D eigenvalue weighted by molar-refractivity contribution is 0.267. The van der Waals surface area contributed by atoms with E-state index in [9.17, 15) is 0 Å². The third kappa shape index (κ3) is 2.98. The van der Waals surface area contributed by atoms with Gasteiger partial charge in [0.2, 0.25) is 0 Å². The van der Waals surface area contributed by atoms with E-state index in [1.165, 1.54) is 12.8 Å². The highest BCUT2D eigenvalue weighted by atomic mass is 32.1. The van der Waals surface area contributed by atoms with E-state index in [0.29, 0.717) is 5.41 Å². The van der Waals surface area contributed by atoms with Crippen LogP contribution in [0.5, 0.6) is 0 Å². The second-order valence-electron chi connectivity index (χ2n) is 5.10. The van der Waals surface area contributed by atoms with Crippen LogP contribution < -0.4 is 0 Å². The molecule has 2 nitrogen and oxygen atoms in total. The number of pyridine rings is 1. The molecule has 1 aromatic heterocycles. The molecule has 0 amide bonds. The quantitative estimate of drug-likeness (QED) is 0.791. The third-order valence-electron chi connectivity index (χ3n) is 3.28. The lowest BCUT2D eigenvalue weighted by atomic mass is 10.1. The summed E-state index contributed by atoms with van der Waals surface area (Å²) in [6.45, 7) is 4.13. The smallest absolute Gasteiger partial charge is 0.0547 e. The maximum absolute atomic E-state index is 4.53. The highest BCUT2D eigenvalue weighted by molar-refractivity contribution is 7.80. The monoisotopic (exact) mass is 236 g/mol. The minimum atomic E-state index is 0.502. The molecule has 0 bridgehead atoms. The predicted molar refractivity (Wildman–Crippen MR) is 70.8 cm³/mol. The molecule has 88 valence electrons. The van der Waals surface area contributed by atoms with Crippen molar-refractivity contribution in [3.8, 4) is 0 Å². The van der Waals surface area contributed by atoms with E-state index >= 15 is 0 Å². The lowest BCUT2D eigenvalue weighted by Crippen LogP contribution is -2.27. The molecule has 0 aromatic carbocycles. The average molecular weight is 236 g/mol. The zero-order chi connectivity index (χ0) is 11.6. The SMILES string of the molecule is Cc1cccc(CN(C)CC2(CS)CC2)n1. The number of hydrogen-bond acceptors (Lipinski definition) is 3. The number of nitrogens with zero attached hydrogens (tertiary/aromatic N) is 2. The second-order valence-corrected chi connectivity index (χ2v) is 5.42. The van der Waals surface area contributed by atoms with E-state index in [-0.39, 0.29) is 0 Å². The molecule has 0 atom stereocenters. The van der Waals surface area contributed by atoms with Gasteiger partial charge >= 0.3 is 0 Å². The van der Waals surface area contributed by atoms with Crippen LogP contribution >= 0.6 is 12.6 Å². The Labute approximate surface area is 103 Å². The molecule has 1 fully saturated rings. The van der Waals surface area contributed by atoms with E-state index in [2.05, 4.69) is 41.7 Å². The van der Waals surface area contributed by atoms with Gasteiger partial charge in [0.05, 0.1) is 5.69 Å². The Kier molecular flexibility index (Phi) is 3.55. The first-order valence-corrected chi connectivity index (χ1v) is 6.49. The normalized spacial score (nSPS) is 17.8. The van der Waals surface area contributed by atoms with Crippen LogP contribution in [0.1, 0.15) is 24.2 Å². The van der Waals surface area contributed by atoms with E-state index in [1.807, 2.05) is 13.0 Å². The maximum Gasteiger partial charge on any atom is 0.0547 e. The molecule has 16 heavy (non-hydrogen) atoms.